The number of likely N-dealkylation sites (N-methyl/N-ethyl adjacent to an activating group) is 2. The molecule has 0 amide bonds. The fraction of sp³-hybridized carbons (Fsp3) is 0.636. The average Bonchev–Trinajstić information content (AvgIpc) is 2.52. The summed E-state index contributed by atoms with van der Waals surface area (Å²) in [5.74, 6) is 1.07. The zero-order valence-electron chi connectivity index (χ0n) is 9.34. The predicted octanol–water partition coefficient (Wildman–Crippen LogP) is 1.63. The van der Waals surface area contributed by atoms with Crippen LogP contribution in [0.2, 0.25) is 0 Å². The van der Waals surface area contributed by atoms with Gasteiger partial charge in [0.15, 0.2) is 0 Å². The molecule has 0 aliphatic carbocycles. The molecule has 14 heavy (non-hydrogen) atoms. The Bertz CT molecular complexity index is 258. The van der Waals surface area contributed by atoms with Crippen LogP contribution >= 0.6 is 0 Å². The highest BCUT2D eigenvalue weighted by Crippen LogP contribution is 2.10. The molecule has 0 unspecified atom stereocenters. The van der Waals surface area contributed by atoms with Gasteiger partial charge in [0, 0.05) is 13.1 Å². The quantitative estimate of drug-likeness (QED) is 0.701. The van der Waals surface area contributed by atoms with E-state index in [1.165, 1.54) is 5.56 Å². The lowest BCUT2D eigenvalue weighted by Gasteiger charge is -2.15. The molecule has 1 N–H and O–H groups in total. The first-order valence-electron chi connectivity index (χ1n) is 5.16. The highest BCUT2D eigenvalue weighted by atomic mass is 16.3. The van der Waals surface area contributed by atoms with Gasteiger partial charge in [0.05, 0.1) is 12.8 Å². The van der Waals surface area contributed by atoms with Gasteiger partial charge in [-0.05, 0) is 32.1 Å². The Kier molecular flexibility index (Phi) is 4.70. The maximum Gasteiger partial charge on any atom is 0.120 e. The number of hydrogen-bond donors (Lipinski definition) is 1. The number of hydrogen-bond acceptors (Lipinski definition) is 3. The van der Waals surface area contributed by atoms with E-state index in [0.29, 0.717) is 0 Å². The summed E-state index contributed by atoms with van der Waals surface area (Å²) >= 11 is 0. The minimum Gasteiger partial charge on any atom is -0.468 e. The Hall–Kier alpha value is -0.800. The molecule has 0 spiro atoms. The molecule has 1 heterocycles. The number of nitrogens with zero attached hydrogens (tertiary/aromatic N) is 1. The molecule has 0 radical (unpaired) electrons. The summed E-state index contributed by atoms with van der Waals surface area (Å²) in [5.41, 5.74) is 1.24. The third kappa shape index (κ3) is 3.52. The fourth-order valence-electron chi connectivity index (χ4n) is 1.34. The van der Waals surface area contributed by atoms with Crippen molar-refractivity contribution >= 4 is 0 Å². The summed E-state index contributed by atoms with van der Waals surface area (Å²) in [6, 6.07) is 2.01. The Morgan fingerprint density at radius 2 is 2.29 bits per heavy atom. The molecule has 0 aliphatic rings. The summed E-state index contributed by atoms with van der Waals surface area (Å²) in [6.07, 6.45) is 1.75. The second-order valence-electron chi connectivity index (χ2n) is 3.62. The van der Waals surface area contributed by atoms with Crippen molar-refractivity contribution in [1.29, 1.82) is 0 Å². The first-order valence-corrected chi connectivity index (χ1v) is 5.16. The molecule has 80 valence electrons. The van der Waals surface area contributed by atoms with E-state index in [0.717, 1.165) is 31.9 Å². The highest BCUT2D eigenvalue weighted by molar-refractivity contribution is 5.14. The molecule has 0 saturated carbocycles. The predicted molar refractivity (Wildman–Crippen MR) is 58.3 cm³/mol. The second-order valence-corrected chi connectivity index (χ2v) is 3.62. The van der Waals surface area contributed by atoms with Gasteiger partial charge in [-0.15, -0.1) is 0 Å². The number of nitrogens with one attached hydrogen (secondary N) is 1. The largest absolute Gasteiger partial charge is 0.468 e. The Labute approximate surface area is 86.1 Å². The minimum absolute atomic E-state index is 0.893. The lowest BCUT2D eigenvalue weighted by Crippen LogP contribution is -2.28. The molecule has 0 atom stereocenters. The molecular formula is C11H20N2O. The monoisotopic (exact) mass is 196 g/mol. The van der Waals surface area contributed by atoms with Gasteiger partial charge < -0.3 is 9.73 Å². The van der Waals surface area contributed by atoms with E-state index in [4.69, 9.17) is 4.42 Å². The molecule has 1 aromatic rings. The molecule has 0 bridgehead atoms. The van der Waals surface area contributed by atoms with E-state index in [9.17, 15) is 0 Å². The van der Waals surface area contributed by atoms with Gasteiger partial charge in [0.1, 0.15) is 5.76 Å². The number of aryl methyl sites for hydroxylation is 1. The van der Waals surface area contributed by atoms with Crippen LogP contribution in [0.5, 0.6) is 0 Å². The van der Waals surface area contributed by atoms with Crippen LogP contribution in [0.15, 0.2) is 16.7 Å². The van der Waals surface area contributed by atoms with E-state index in [-0.39, 0.29) is 0 Å². The highest BCUT2D eigenvalue weighted by Gasteiger charge is 2.05. The van der Waals surface area contributed by atoms with Crippen molar-refractivity contribution in [3.8, 4) is 0 Å². The third-order valence-electron chi connectivity index (χ3n) is 2.30. The molecule has 3 nitrogen and oxygen atoms in total. The molecule has 3 heteroatoms. The number of rotatable bonds is 6. The third-order valence-corrected chi connectivity index (χ3v) is 2.30. The zero-order chi connectivity index (χ0) is 10.4. The van der Waals surface area contributed by atoms with E-state index in [2.05, 4.69) is 31.1 Å². The van der Waals surface area contributed by atoms with Crippen molar-refractivity contribution in [3.63, 3.8) is 0 Å². The van der Waals surface area contributed by atoms with Crippen molar-refractivity contribution in [2.45, 2.75) is 20.4 Å². The van der Waals surface area contributed by atoms with Crippen molar-refractivity contribution in [2.75, 3.05) is 26.7 Å². The summed E-state index contributed by atoms with van der Waals surface area (Å²) in [5, 5.41) is 3.30. The van der Waals surface area contributed by atoms with Crippen LogP contribution < -0.4 is 5.32 Å². The van der Waals surface area contributed by atoms with Crippen LogP contribution in [-0.4, -0.2) is 31.6 Å². The van der Waals surface area contributed by atoms with Crippen LogP contribution in [0, 0.1) is 6.92 Å². The first kappa shape index (κ1) is 11.3. The van der Waals surface area contributed by atoms with Gasteiger partial charge in [-0.1, -0.05) is 6.92 Å². The van der Waals surface area contributed by atoms with E-state index in [1.807, 2.05) is 6.07 Å². The Morgan fingerprint density at radius 3 is 2.86 bits per heavy atom. The van der Waals surface area contributed by atoms with E-state index < -0.39 is 0 Å². The van der Waals surface area contributed by atoms with Gasteiger partial charge in [-0.25, -0.2) is 0 Å². The molecule has 1 aromatic heterocycles. The van der Waals surface area contributed by atoms with Gasteiger partial charge >= 0.3 is 0 Å². The van der Waals surface area contributed by atoms with E-state index in [1.54, 1.807) is 6.26 Å². The molecule has 0 saturated heterocycles. The summed E-state index contributed by atoms with van der Waals surface area (Å²) in [6.45, 7) is 8.21. The van der Waals surface area contributed by atoms with Crippen LogP contribution in [-0.2, 0) is 6.54 Å². The van der Waals surface area contributed by atoms with Crippen LogP contribution in [0.25, 0.3) is 0 Å². The van der Waals surface area contributed by atoms with Gasteiger partial charge in [-0.2, -0.15) is 0 Å². The second kappa shape index (κ2) is 5.83. The molecular weight excluding hydrogens is 176 g/mol. The lowest BCUT2D eigenvalue weighted by molar-refractivity contribution is 0.294. The van der Waals surface area contributed by atoms with Crippen LogP contribution in [0.3, 0.4) is 0 Å². The van der Waals surface area contributed by atoms with Crippen molar-refractivity contribution in [2.24, 2.45) is 0 Å². The maximum atomic E-state index is 5.38. The lowest BCUT2D eigenvalue weighted by atomic mass is 10.3. The maximum absolute atomic E-state index is 5.38. The van der Waals surface area contributed by atoms with Gasteiger partial charge in [0.2, 0.25) is 0 Å². The van der Waals surface area contributed by atoms with Crippen LogP contribution in [0.1, 0.15) is 18.2 Å². The van der Waals surface area contributed by atoms with Crippen LogP contribution in [0.4, 0.5) is 0 Å². The standard InChI is InChI=1S/C11H20N2O/c1-4-12-6-7-13(3)9-11-10(2)5-8-14-11/h5,8,12H,4,6-7,9H2,1-3H3. The summed E-state index contributed by atoms with van der Waals surface area (Å²) in [4.78, 5) is 2.26. The molecule has 0 fully saturated rings. The van der Waals surface area contributed by atoms with E-state index >= 15 is 0 Å². The number of furan rings is 1. The van der Waals surface area contributed by atoms with Crippen molar-refractivity contribution in [3.05, 3.63) is 23.7 Å². The Morgan fingerprint density at radius 1 is 1.50 bits per heavy atom. The Balaban J connectivity index is 2.27. The average molecular weight is 196 g/mol. The first-order chi connectivity index (χ1) is 6.74. The molecule has 0 aromatic carbocycles. The van der Waals surface area contributed by atoms with Gasteiger partial charge in [0.25, 0.3) is 0 Å². The fourth-order valence-corrected chi connectivity index (χ4v) is 1.34. The summed E-state index contributed by atoms with van der Waals surface area (Å²) < 4.78 is 5.38. The van der Waals surface area contributed by atoms with Crippen molar-refractivity contribution < 1.29 is 4.42 Å². The normalized spacial score (nSPS) is 11.1. The smallest absolute Gasteiger partial charge is 0.120 e. The minimum atomic E-state index is 0.893. The van der Waals surface area contributed by atoms with Crippen molar-refractivity contribution in [1.82, 2.24) is 10.2 Å². The summed E-state index contributed by atoms with van der Waals surface area (Å²) in [7, 11) is 2.11. The molecule has 0 aliphatic heterocycles. The SMILES string of the molecule is CCNCCN(C)Cc1occc1C. The zero-order valence-corrected chi connectivity index (χ0v) is 9.34. The molecule has 1 rings (SSSR count). The van der Waals surface area contributed by atoms with Gasteiger partial charge in [-0.3, -0.25) is 4.90 Å². The topological polar surface area (TPSA) is 28.4 Å².